The third-order valence-corrected chi connectivity index (χ3v) is 5.02. The van der Waals surface area contributed by atoms with Gasteiger partial charge in [0.1, 0.15) is 0 Å². The Hall–Kier alpha value is -2.70. The highest BCUT2D eigenvalue weighted by Gasteiger charge is 2.36. The smallest absolute Gasteiger partial charge is 0.301 e. The maximum Gasteiger partial charge on any atom is 0.301 e. The van der Waals surface area contributed by atoms with Crippen molar-refractivity contribution in [1.82, 2.24) is 5.32 Å². The first-order valence-corrected chi connectivity index (χ1v) is 9.68. The molecule has 29 heavy (non-hydrogen) atoms. The van der Waals surface area contributed by atoms with Crippen molar-refractivity contribution >= 4 is 57.9 Å². The minimum Gasteiger partial charge on any atom is -0.307 e. The van der Waals surface area contributed by atoms with E-state index in [0.717, 1.165) is 5.56 Å². The summed E-state index contributed by atoms with van der Waals surface area (Å²) in [6, 6.07) is 12.1. The van der Waals surface area contributed by atoms with E-state index in [-0.39, 0.29) is 17.5 Å². The van der Waals surface area contributed by atoms with Crippen molar-refractivity contribution in [2.45, 2.75) is 27.7 Å². The van der Waals surface area contributed by atoms with Crippen LogP contribution in [0, 0.1) is 12.3 Å². The summed E-state index contributed by atoms with van der Waals surface area (Å²) in [6.07, 6.45) is 0. The lowest BCUT2D eigenvalue weighted by molar-refractivity contribution is -0.126. The van der Waals surface area contributed by atoms with E-state index >= 15 is 0 Å². The van der Waals surface area contributed by atoms with Gasteiger partial charge in [-0.1, -0.05) is 62.2 Å². The van der Waals surface area contributed by atoms with E-state index in [0.29, 0.717) is 21.4 Å². The lowest BCUT2D eigenvalue weighted by atomic mass is 9.95. The number of anilines is 1. The Balaban J connectivity index is 2.06. The van der Waals surface area contributed by atoms with Gasteiger partial charge in [-0.25, -0.2) is 4.99 Å². The molecule has 0 saturated carbocycles. The van der Waals surface area contributed by atoms with Crippen molar-refractivity contribution < 1.29 is 9.59 Å². The largest absolute Gasteiger partial charge is 0.307 e. The molecule has 0 spiro atoms. The zero-order chi connectivity index (χ0) is 21.3. The van der Waals surface area contributed by atoms with E-state index in [4.69, 9.17) is 23.2 Å². The maximum absolute atomic E-state index is 13.1. The van der Waals surface area contributed by atoms with Crippen LogP contribution in [0.4, 0.5) is 11.4 Å². The summed E-state index contributed by atoms with van der Waals surface area (Å²) >= 11 is 12.4. The summed E-state index contributed by atoms with van der Waals surface area (Å²) in [5.74, 6) is -0.675. The van der Waals surface area contributed by atoms with Gasteiger partial charge in [0.05, 0.1) is 11.4 Å². The second kappa shape index (κ2) is 7.97. The van der Waals surface area contributed by atoms with Crippen LogP contribution in [0.25, 0.3) is 0 Å². The van der Waals surface area contributed by atoms with Gasteiger partial charge in [0, 0.05) is 15.5 Å². The van der Waals surface area contributed by atoms with Gasteiger partial charge in [-0.15, -0.1) is 5.10 Å². The van der Waals surface area contributed by atoms with Crippen molar-refractivity contribution in [2.24, 2.45) is 15.5 Å². The number of rotatable bonds is 2. The van der Waals surface area contributed by atoms with Gasteiger partial charge in [0.25, 0.3) is 0 Å². The number of benzene rings is 2. The predicted molar refractivity (Wildman–Crippen MR) is 117 cm³/mol. The molecule has 6 nitrogen and oxygen atoms in total. The minimum atomic E-state index is -0.673. The van der Waals surface area contributed by atoms with Crippen molar-refractivity contribution in [1.29, 1.82) is 0 Å². The fourth-order valence-electron chi connectivity index (χ4n) is 2.44. The zero-order valence-electron chi connectivity index (χ0n) is 16.5. The molecule has 2 aromatic rings. The number of nitrogens with one attached hydrogen (secondary N) is 1. The summed E-state index contributed by atoms with van der Waals surface area (Å²) in [6.45, 7) is 7.09. The Kier molecular flexibility index (Phi) is 5.78. The van der Waals surface area contributed by atoms with Gasteiger partial charge in [-0.05, 0) is 36.8 Å². The van der Waals surface area contributed by atoms with Gasteiger partial charge >= 0.3 is 5.91 Å². The molecule has 150 valence electrons. The molecule has 0 unspecified atom stereocenters. The summed E-state index contributed by atoms with van der Waals surface area (Å²) < 4.78 is 0. The lowest BCUT2D eigenvalue weighted by Gasteiger charge is -2.17. The Bertz CT molecular complexity index is 1020. The molecule has 1 aliphatic heterocycles. The highest BCUT2D eigenvalue weighted by atomic mass is 35.5. The van der Waals surface area contributed by atoms with Gasteiger partial charge in [0.2, 0.25) is 5.91 Å². The number of amides is 2. The number of halogens is 2. The Morgan fingerprint density at radius 3 is 2.24 bits per heavy atom. The topological polar surface area (TPSA) is 74.1 Å². The van der Waals surface area contributed by atoms with Crippen LogP contribution in [0.5, 0.6) is 0 Å². The van der Waals surface area contributed by atoms with Crippen LogP contribution >= 0.6 is 23.2 Å². The van der Waals surface area contributed by atoms with E-state index in [2.05, 4.69) is 15.4 Å². The predicted octanol–water partition coefficient (Wildman–Crippen LogP) is 4.90. The zero-order valence-corrected chi connectivity index (χ0v) is 18.0. The van der Waals surface area contributed by atoms with E-state index < -0.39 is 11.3 Å². The average Bonchev–Trinajstić information content (AvgIpc) is 2.95. The number of hydrogen-bond donors (Lipinski definition) is 1. The second-order valence-corrected chi connectivity index (χ2v) is 8.41. The monoisotopic (exact) mass is 430 g/mol. The molecule has 3 rings (SSSR count). The highest BCUT2D eigenvalue weighted by molar-refractivity contribution is 6.72. The highest BCUT2D eigenvalue weighted by Crippen LogP contribution is 2.30. The first-order valence-electron chi connectivity index (χ1n) is 8.92. The molecule has 1 aliphatic rings. The Morgan fingerprint density at radius 1 is 1.10 bits per heavy atom. The number of aliphatic imine (C=N–C) groups is 1. The first-order chi connectivity index (χ1) is 13.6. The third-order valence-electron chi connectivity index (χ3n) is 4.24. The molecule has 0 atom stereocenters. The van der Waals surface area contributed by atoms with Gasteiger partial charge in [-0.2, -0.15) is 5.01 Å². The minimum absolute atomic E-state index is 0.00226. The summed E-state index contributed by atoms with van der Waals surface area (Å²) in [5, 5.41) is 9.08. The Morgan fingerprint density at radius 2 is 1.69 bits per heavy atom. The fourth-order valence-corrected chi connectivity index (χ4v) is 2.92. The average molecular weight is 431 g/mol. The molecule has 0 bridgehead atoms. The molecule has 0 aliphatic carbocycles. The van der Waals surface area contributed by atoms with Gasteiger partial charge in [-0.3, -0.25) is 9.59 Å². The van der Waals surface area contributed by atoms with Crippen LogP contribution in [0.2, 0.25) is 10.0 Å². The molecular formula is C21H20Cl2N4O2. The molecular weight excluding hydrogens is 411 g/mol. The van der Waals surface area contributed by atoms with Gasteiger partial charge < -0.3 is 5.32 Å². The number of carbonyl (C=O) groups excluding carboxylic acids is 2. The lowest BCUT2D eigenvalue weighted by Crippen LogP contribution is -2.42. The maximum atomic E-state index is 13.1. The van der Waals surface area contributed by atoms with Gasteiger partial charge in [0.15, 0.2) is 11.5 Å². The summed E-state index contributed by atoms with van der Waals surface area (Å²) in [5.41, 5.74) is 0.998. The van der Waals surface area contributed by atoms with Crippen molar-refractivity contribution in [3.05, 3.63) is 58.1 Å². The SMILES string of the molecule is Cc1c(Cl)cc(N=C2C(=O)N(c3ccccc3)N=C2NC(=O)C(C)(C)C)cc1Cl. The fraction of sp³-hybridized carbons (Fsp3) is 0.238. The quantitative estimate of drug-likeness (QED) is 0.735. The number of carbonyl (C=O) groups is 2. The molecule has 2 amide bonds. The number of hydrazone groups is 1. The normalized spacial score (nSPS) is 15.7. The second-order valence-electron chi connectivity index (χ2n) is 7.60. The van der Waals surface area contributed by atoms with Crippen molar-refractivity contribution in [2.75, 3.05) is 5.01 Å². The summed E-state index contributed by atoms with van der Waals surface area (Å²) in [7, 11) is 0. The van der Waals surface area contributed by atoms with E-state index in [9.17, 15) is 9.59 Å². The number of amidine groups is 1. The molecule has 1 N–H and O–H groups in total. The van der Waals surface area contributed by atoms with E-state index in [1.54, 1.807) is 64.1 Å². The molecule has 0 aromatic heterocycles. The van der Waals surface area contributed by atoms with E-state index in [1.165, 1.54) is 5.01 Å². The Labute approximate surface area is 179 Å². The van der Waals surface area contributed by atoms with Crippen LogP contribution in [-0.2, 0) is 9.59 Å². The molecule has 8 heteroatoms. The van der Waals surface area contributed by atoms with Crippen LogP contribution in [0.15, 0.2) is 52.6 Å². The number of para-hydroxylation sites is 1. The van der Waals surface area contributed by atoms with E-state index in [1.807, 2.05) is 6.07 Å². The standard InChI is InChI=1S/C21H20Cl2N4O2/c1-12-15(22)10-13(11-16(12)23)24-17-18(25-20(29)21(2,3)4)26-27(19(17)28)14-8-6-5-7-9-14/h5-11H,1-4H3,(H,25,26,29). The van der Waals surface area contributed by atoms with Crippen LogP contribution in [0.1, 0.15) is 26.3 Å². The number of nitrogens with zero attached hydrogens (tertiary/aromatic N) is 3. The van der Waals surface area contributed by atoms with Crippen LogP contribution < -0.4 is 10.3 Å². The summed E-state index contributed by atoms with van der Waals surface area (Å²) in [4.78, 5) is 30.0. The number of hydrogen-bond acceptors (Lipinski definition) is 4. The van der Waals surface area contributed by atoms with Crippen LogP contribution in [-0.4, -0.2) is 23.4 Å². The molecule has 0 fully saturated rings. The molecule has 0 saturated heterocycles. The molecule has 1 heterocycles. The van der Waals surface area contributed by atoms with Crippen LogP contribution in [0.3, 0.4) is 0 Å². The molecule has 2 aromatic carbocycles. The first kappa shape index (κ1) is 21.0. The van der Waals surface area contributed by atoms with Crippen molar-refractivity contribution in [3.63, 3.8) is 0 Å². The third kappa shape index (κ3) is 4.49. The molecule has 0 radical (unpaired) electrons. The van der Waals surface area contributed by atoms with Crippen molar-refractivity contribution in [3.8, 4) is 0 Å².